The Hall–Kier alpha value is -0.500. The van der Waals surface area contributed by atoms with Gasteiger partial charge < -0.3 is 15.5 Å². The summed E-state index contributed by atoms with van der Waals surface area (Å²) in [7, 11) is -4.85. The summed E-state index contributed by atoms with van der Waals surface area (Å²) in [4.78, 5) is 27.7. The van der Waals surface area contributed by atoms with Crippen LogP contribution in [0.1, 0.15) is 19.3 Å². The zero-order valence-electron chi connectivity index (χ0n) is 8.00. The van der Waals surface area contributed by atoms with Gasteiger partial charge in [-0.1, -0.05) is 0 Å². The van der Waals surface area contributed by atoms with Crippen molar-refractivity contribution < 1.29 is 28.9 Å². The van der Waals surface area contributed by atoms with Crippen LogP contribution < -0.4 is 11.2 Å². The number of phosphoric ester groups is 1. The number of carbonyl (C=O) groups is 1. The standard InChI is InChI=1S/C6H15N2O6P/c7-4-2-1-3-5(8-10)6(9)14-15(11,12)13/h5,8,10H,1-4,7H2,(H2,11,12,13). The summed E-state index contributed by atoms with van der Waals surface area (Å²) in [6.45, 7) is 0.436. The van der Waals surface area contributed by atoms with E-state index in [1.165, 1.54) is 0 Å². The van der Waals surface area contributed by atoms with Crippen LogP contribution in [0.25, 0.3) is 0 Å². The Kier molecular flexibility index (Phi) is 6.66. The van der Waals surface area contributed by atoms with Gasteiger partial charge in [-0.05, 0) is 25.8 Å². The number of nitrogens with two attached hydrogens (primary N) is 1. The van der Waals surface area contributed by atoms with Gasteiger partial charge in [-0.3, -0.25) is 9.79 Å². The van der Waals surface area contributed by atoms with Gasteiger partial charge in [-0.15, -0.1) is 0 Å². The molecule has 0 rings (SSSR count). The van der Waals surface area contributed by atoms with E-state index in [1.54, 1.807) is 5.48 Å². The van der Waals surface area contributed by atoms with E-state index in [2.05, 4.69) is 4.52 Å². The number of carbonyl (C=O) groups excluding carboxylic acids is 1. The minimum Gasteiger partial charge on any atom is -0.369 e. The van der Waals surface area contributed by atoms with Crippen LogP contribution in [0.4, 0.5) is 0 Å². The van der Waals surface area contributed by atoms with E-state index < -0.39 is 19.8 Å². The van der Waals surface area contributed by atoms with Gasteiger partial charge in [-0.25, -0.2) is 9.36 Å². The fourth-order valence-electron chi connectivity index (χ4n) is 0.909. The van der Waals surface area contributed by atoms with E-state index >= 15 is 0 Å². The van der Waals surface area contributed by atoms with E-state index in [9.17, 15) is 9.36 Å². The third-order valence-corrected chi connectivity index (χ3v) is 2.01. The first-order chi connectivity index (χ1) is 6.90. The number of rotatable bonds is 7. The lowest BCUT2D eigenvalue weighted by atomic mass is 10.1. The highest BCUT2D eigenvalue weighted by Gasteiger charge is 2.26. The van der Waals surface area contributed by atoms with Crippen LogP contribution in [0.15, 0.2) is 0 Å². The first-order valence-corrected chi connectivity index (χ1v) is 5.82. The summed E-state index contributed by atoms with van der Waals surface area (Å²) in [6.07, 6.45) is 1.36. The van der Waals surface area contributed by atoms with Crippen LogP contribution in [0.5, 0.6) is 0 Å². The van der Waals surface area contributed by atoms with E-state index in [1.807, 2.05) is 0 Å². The first kappa shape index (κ1) is 14.5. The van der Waals surface area contributed by atoms with E-state index in [-0.39, 0.29) is 6.42 Å². The van der Waals surface area contributed by atoms with Gasteiger partial charge in [0.2, 0.25) is 0 Å². The molecule has 15 heavy (non-hydrogen) atoms. The van der Waals surface area contributed by atoms with Crippen molar-refractivity contribution >= 4 is 13.8 Å². The fourth-order valence-corrected chi connectivity index (χ4v) is 1.27. The van der Waals surface area contributed by atoms with Crippen LogP contribution in [-0.4, -0.2) is 33.5 Å². The van der Waals surface area contributed by atoms with Crippen molar-refractivity contribution in [3.05, 3.63) is 0 Å². The Morgan fingerprint density at radius 2 is 2.07 bits per heavy atom. The molecule has 0 radical (unpaired) electrons. The maximum absolute atomic E-state index is 11.0. The summed E-state index contributed by atoms with van der Waals surface area (Å²) in [5, 5.41) is 8.56. The maximum atomic E-state index is 11.0. The molecule has 8 nitrogen and oxygen atoms in total. The summed E-state index contributed by atoms with van der Waals surface area (Å²) >= 11 is 0. The molecule has 1 unspecified atom stereocenters. The van der Waals surface area contributed by atoms with Crippen LogP contribution in [0.3, 0.4) is 0 Å². The van der Waals surface area contributed by atoms with E-state index in [0.29, 0.717) is 19.4 Å². The van der Waals surface area contributed by atoms with Crippen molar-refractivity contribution in [1.82, 2.24) is 5.48 Å². The summed E-state index contributed by atoms with van der Waals surface area (Å²) in [5.41, 5.74) is 6.84. The Labute approximate surface area is 86.6 Å². The third kappa shape index (κ3) is 7.43. The molecule has 0 fully saturated rings. The highest BCUT2D eigenvalue weighted by molar-refractivity contribution is 7.46. The molecular weight excluding hydrogens is 227 g/mol. The Balaban J connectivity index is 4.05. The van der Waals surface area contributed by atoms with Crippen molar-refractivity contribution in [2.24, 2.45) is 5.73 Å². The van der Waals surface area contributed by atoms with Crippen molar-refractivity contribution in [3.63, 3.8) is 0 Å². The fraction of sp³-hybridized carbons (Fsp3) is 0.833. The molecule has 0 spiro atoms. The van der Waals surface area contributed by atoms with Gasteiger partial charge in [0, 0.05) is 0 Å². The minimum absolute atomic E-state index is 0.187. The van der Waals surface area contributed by atoms with Crippen molar-refractivity contribution in [3.8, 4) is 0 Å². The molecule has 0 heterocycles. The Bertz CT molecular complexity index is 242. The second kappa shape index (κ2) is 6.89. The molecular formula is C6H15N2O6P. The third-order valence-electron chi connectivity index (χ3n) is 1.60. The largest absolute Gasteiger partial charge is 0.527 e. The van der Waals surface area contributed by atoms with Crippen LogP contribution >= 0.6 is 7.82 Å². The van der Waals surface area contributed by atoms with Gasteiger partial charge >= 0.3 is 13.8 Å². The van der Waals surface area contributed by atoms with Gasteiger partial charge in [-0.2, -0.15) is 5.48 Å². The molecule has 0 aliphatic carbocycles. The number of nitrogens with one attached hydrogen (secondary N) is 1. The minimum atomic E-state index is -4.85. The molecule has 0 bridgehead atoms. The smallest absolute Gasteiger partial charge is 0.369 e. The van der Waals surface area contributed by atoms with Crippen molar-refractivity contribution in [2.45, 2.75) is 25.3 Å². The van der Waals surface area contributed by atoms with Crippen LogP contribution in [-0.2, 0) is 13.9 Å². The average Bonchev–Trinajstić information content (AvgIpc) is 2.09. The molecule has 0 saturated carbocycles. The number of phosphoric acid groups is 1. The number of hydrogen-bond acceptors (Lipinski definition) is 6. The predicted molar refractivity (Wildman–Crippen MR) is 49.8 cm³/mol. The Morgan fingerprint density at radius 3 is 2.47 bits per heavy atom. The molecule has 0 aliphatic heterocycles. The lowest BCUT2D eigenvalue weighted by Gasteiger charge is -2.13. The SMILES string of the molecule is NCCCCC(NO)C(=O)OP(=O)(O)O. The normalized spacial score (nSPS) is 13.6. The molecule has 0 aromatic rings. The predicted octanol–water partition coefficient (Wildman–Crippen LogP) is -0.901. The highest BCUT2D eigenvalue weighted by atomic mass is 31.2. The Morgan fingerprint density at radius 1 is 1.47 bits per heavy atom. The molecule has 9 heteroatoms. The van der Waals surface area contributed by atoms with Crippen LogP contribution in [0, 0.1) is 0 Å². The highest BCUT2D eigenvalue weighted by Crippen LogP contribution is 2.36. The number of unbranched alkanes of at least 4 members (excludes halogenated alkanes) is 1. The van der Waals surface area contributed by atoms with Crippen molar-refractivity contribution in [1.29, 1.82) is 0 Å². The number of hydroxylamine groups is 1. The van der Waals surface area contributed by atoms with Gasteiger partial charge in [0.05, 0.1) is 0 Å². The second-order valence-electron chi connectivity index (χ2n) is 2.87. The van der Waals surface area contributed by atoms with E-state index in [4.69, 9.17) is 20.7 Å². The van der Waals surface area contributed by atoms with Crippen LogP contribution in [0.2, 0.25) is 0 Å². The molecule has 0 saturated heterocycles. The summed E-state index contributed by atoms with van der Waals surface area (Å²) in [6, 6.07) is -1.15. The quantitative estimate of drug-likeness (QED) is 0.219. The molecule has 0 amide bonds. The van der Waals surface area contributed by atoms with Gasteiger partial charge in [0.25, 0.3) is 0 Å². The van der Waals surface area contributed by atoms with Gasteiger partial charge in [0.1, 0.15) is 6.04 Å². The average molecular weight is 242 g/mol. The zero-order chi connectivity index (χ0) is 11.9. The summed E-state index contributed by atoms with van der Waals surface area (Å²) in [5.74, 6) is -1.19. The first-order valence-electron chi connectivity index (χ1n) is 4.29. The summed E-state index contributed by atoms with van der Waals surface area (Å²) < 4.78 is 14.1. The molecule has 0 aromatic carbocycles. The van der Waals surface area contributed by atoms with E-state index in [0.717, 1.165) is 0 Å². The van der Waals surface area contributed by atoms with Gasteiger partial charge in [0.15, 0.2) is 0 Å². The molecule has 0 aromatic heterocycles. The monoisotopic (exact) mass is 242 g/mol. The topological polar surface area (TPSA) is 142 Å². The molecule has 0 aliphatic rings. The molecule has 90 valence electrons. The molecule has 6 N–H and O–H groups in total. The maximum Gasteiger partial charge on any atom is 0.527 e. The lowest BCUT2D eigenvalue weighted by Crippen LogP contribution is -2.35. The van der Waals surface area contributed by atoms with Crippen molar-refractivity contribution in [2.75, 3.05) is 6.54 Å². The zero-order valence-corrected chi connectivity index (χ0v) is 8.89. The lowest BCUT2D eigenvalue weighted by molar-refractivity contribution is -0.141. The number of hydrogen-bond donors (Lipinski definition) is 5. The molecule has 1 atom stereocenters. The second-order valence-corrected chi connectivity index (χ2v) is 4.03.